The average molecular weight is 145 g/mol. The third-order valence-corrected chi connectivity index (χ3v) is 0.941. The topological polar surface area (TPSA) is 90.5 Å². The van der Waals surface area contributed by atoms with Gasteiger partial charge in [-0.15, -0.1) is 0 Å². The summed E-state index contributed by atoms with van der Waals surface area (Å²) in [6.45, 7) is 1.25. The van der Waals surface area contributed by atoms with Gasteiger partial charge in [0.25, 0.3) is 0 Å². The van der Waals surface area contributed by atoms with Crippen LogP contribution in [-0.2, 0) is 0 Å². The second-order valence-electron chi connectivity index (χ2n) is 2.11. The first kappa shape index (κ1) is 6.81. The number of carbonyl (C=O) groups is 2. The molecule has 0 aromatic carbocycles. The first-order valence-electron chi connectivity index (χ1n) is 2.63. The molecule has 0 radical (unpaired) electrons. The fraction of sp³-hybridized carbons (Fsp3) is 0.500. The molecule has 10 heavy (non-hydrogen) atoms. The monoisotopic (exact) mass is 145 g/mol. The van der Waals surface area contributed by atoms with Crippen LogP contribution in [0.1, 0.15) is 6.92 Å². The van der Waals surface area contributed by atoms with Gasteiger partial charge in [-0.2, -0.15) is 0 Å². The van der Waals surface area contributed by atoms with Gasteiger partial charge in [-0.25, -0.2) is 9.59 Å². The van der Waals surface area contributed by atoms with Gasteiger partial charge in [-0.3, -0.25) is 16.0 Å². The Balaban J connectivity index is 2.68. The normalized spacial score (nSPS) is 22.6. The van der Waals surface area contributed by atoms with Crippen LogP contribution in [0.3, 0.4) is 0 Å². The molecule has 0 bridgehead atoms. The SMILES string of the molecule is CC1(O)NC(=O)NC(=O)N1. The number of imide groups is 1. The van der Waals surface area contributed by atoms with Crippen molar-refractivity contribution in [1.82, 2.24) is 16.0 Å². The number of carbonyl (C=O) groups excluding carboxylic acids is 2. The molecule has 6 nitrogen and oxygen atoms in total. The molecule has 1 aliphatic heterocycles. The maximum atomic E-state index is 10.4. The van der Waals surface area contributed by atoms with Crippen LogP contribution < -0.4 is 16.0 Å². The Labute approximate surface area is 56.6 Å². The van der Waals surface area contributed by atoms with Crippen LogP contribution in [0.2, 0.25) is 0 Å². The van der Waals surface area contributed by atoms with Crippen LogP contribution in [0.5, 0.6) is 0 Å². The zero-order valence-electron chi connectivity index (χ0n) is 5.26. The van der Waals surface area contributed by atoms with Crippen LogP contribution >= 0.6 is 0 Å². The summed E-state index contributed by atoms with van der Waals surface area (Å²) in [6, 6.07) is -1.43. The first-order chi connectivity index (χ1) is 4.49. The van der Waals surface area contributed by atoms with Gasteiger partial charge in [0.05, 0.1) is 0 Å². The first-order valence-corrected chi connectivity index (χ1v) is 2.63. The van der Waals surface area contributed by atoms with Crippen molar-refractivity contribution in [1.29, 1.82) is 0 Å². The molecule has 1 heterocycles. The maximum Gasteiger partial charge on any atom is 0.326 e. The van der Waals surface area contributed by atoms with E-state index >= 15 is 0 Å². The molecule has 0 aromatic heterocycles. The van der Waals surface area contributed by atoms with Crippen LogP contribution in [0.25, 0.3) is 0 Å². The van der Waals surface area contributed by atoms with Crippen molar-refractivity contribution in [2.24, 2.45) is 0 Å². The Kier molecular flexibility index (Phi) is 1.26. The number of hydrogen-bond acceptors (Lipinski definition) is 3. The number of urea groups is 2. The minimum Gasteiger partial charge on any atom is -0.354 e. The summed E-state index contributed by atoms with van der Waals surface area (Å²) < 4.78 is 0. The van der Waals surface area contributed by atoms with Gasteiger partial charge in [-0.1, -0.05) is 0 Å². The van der Waals surface area contributed by atoms with E-state index in [9.17, 15) is 9.59 Å². The lowest BCUT2D eigenvalue weighted by molar-refractivity contribution is 0.00661. The molecule has 0 aromatic rings. The molecule has 0 aliphatic carbocycles. The molecule has 1 aliphatic rings. The third-order valence-electron chi connectivity index (χ3n) is 0.941. The van der Waals surface area contributed by atoms with Gasteiger partial charge < -0.3 is 5.11 Å². The summed E-state index contributed by atoms with van der Waals surface area (Å²) in [5.74, 6) is -1.64. The largest absolute Gasteiger partial charge is 0.354 e. The molecule has 1 saturated heterocycles. The molecule has 56 valence electrons. The molecular formula is C4H7N3O3. The van der Waals surface area contributed by atoms with Crippen molar-refractivity contribution in [3.8, 4) is 0 Å². The van der Waals surface area contributed by atoms with E-state index in [1.54, 1.807) is 0 Å². The van der Waals surface area contributed by atoms with Crippen LogP contribution in [0, 0.1) is 0 Å². The smallest absolute Gasteiger partial charge is 0.326 e. The van der Waals surface area contributed by atoms with Crippen molar-refractivity contribution in [2.45, 2.75) is 12.8 Å². The molecule has 0 unspecified atom stereocenters. The maximum absolute atomic E-state index is 10.4. The zero-order valence-corrected chi connectivity index (χ0v) is 5.26. The van der Waals surface area contributed by atoms with Gasteiger partial charge >= 0.3 is 12.1 Å². The van der Waals surface area contributed by atoms with Crippen molar-refractivity contribution in [2.75, 3.05) is 0 Å². The van der Waals surface area contributed by atoms with Crippen molar-refractivity contribution in [3.63, 3.8) is 0 Å². The highest BCUT2D eigenvalue weighted by atomic mass is 16.3. The highest BCUT2D eigenvalue weighted by Gasteiger charge is 2.30. The van der Waals surface area contributed by atoms with E-state index in [4.69, 9.17) is 5.11 Å². The fourth-order valence-electron chi connectivity index (χ4n) is 0.639. The Morgan fingerprint density at radius 3 is 2.00 bits per heavy atom. The number of nitrogens with one attached hydrogen (secondary N) is 3. The second-order valence-corrected chi connectivity index (χ2v) is 2.11. The summed E-state index contributed by atoms with van der Waals surface area (Å²) in [6.07, 6.45) is 0. The van der Waals surface area contributed by atoms with Gasteiger partial charge in [-0.05, 0) is 0 Å². The third kappa shape index (κ3) is 1.35. The molecular weight excluding hydrogens is 138 g/mol. The number of rotatable bonds is 0. The highest BCUT2D eigenvalue weighted by Crippen LogP contribution is 1.94. The van der Waals surface area contributed by atoms with E-state index in [1.165, 1.54) is 6.92 Å². The zero-order chi connectivity index (χ0) is 7.78. The lowest BCUT2D eigenvalue weighted by Gasteiger charge is -2.29. The quantitative estimate of drug-likeness (QED) is 0.340. The Morgan fingerprint density at radius 2 is 1.70 bits per heavy atom. The molecule has 4 amide bonds. The van der Waals surface area contributed by atoms with E-state index < -0.39 is 17.9 Å². The molecule has 1 fully saturated rings. The minimum atomic E-state index is -1.64. The van der Waals surface area contributed by atoms with Crippen LogP contribution in [-0.4, -0.2) is 23.0 Å². The van der Waals surface area contributed by atoms with Crippen molar-refractivity contribution >= 4 is 12.1 Å². The molecule has 4 N–H and O–H groups in total. The number of aliphatic hydroxyl groups is 1. The predicted octanol–water partition coefficient (Wildman–Crippen LogP) is -1.33. The van der Waals surface area contributed by atoms with E-state index in [2.05, 4.69) is 10.6 Å². The van der Waals surface area contributed by atoms with Gasteiger partial charge in [0.1, 0.15) is 0 Å². The fourth-order valence-corrected chi connectivity index (χ4v) is 0.639. The van der Waals surface area contributed by atoms with E-state index in [-0.39, 0.29) is 0 Å². The Hall–Kier alpha value is -1.30. The molecule has 0 spiro atoms. The highest BCUT2D eigenvalue weighted by molar-refractivity contribution is 5.96. The lowest BCUT2D eigenvalue weighted by atomic mass is 10.4. The van der Waals surface area contributed by atoms with Crippen molar-refractivity contribution < 1.29 is 14.7 Å². The number of amides is 4. The standard InChI is InChI=1S/C4H7N3O3/c1-4(10)6-2(8)5-3(9)7-4/h10H,1H3,(H3,5,6,7,8,9). The summed E-state index contributed by atoms with van der Waals surface area (Å²) in [5, 5.41) is 15.0. The molecule has 0 saturated carbocycles. The summed E-state index contributed by atoms with van der Waals surface area (Å²) in [4.78, 5) is 20.9. The predicted molar refractivity (Wildman–Crippen MR) is 30.8 cm³/mol. The number of hydrogen-bond donors (Lipinski definition) is 4. The van der Waals surface area contributed by atoms with Crippen LogP contribution in [0.4, 0.5) is 9.59 Å². The lowest BCUT2D eigenvalue weighted by Crippen LogP contribution is -2.68. The van der Waals surface area contributed by atoms with E-state index in [1.807, 2.05) is 5.32 Å². The van der Waals surface area contributed by atoms with Crippen molar-refractivity contribution in [3.05, 3.63) is 0 Å². The Bertz CT molecular complexity index is 170. The van der Waals surface area contributed by atoms with Gasteiger partial charge in [0, 0.05) is 6.92 Å². The minimum absolute atomic E-state index is 0.714. The second kappa shape index (κ2) is 1.84. The Morgan fingerprint density at radius 1 is 1.30 bits per heavy atom. The molecule has 1 rings (SSSR count). The molecule has 6 heteroatoms. The van der Waals surface area contributed by atoms with Crippen LogP contribution in [0.15, 0.2) is 0 Å². The average Bonchev–Trinajstić information content (AvgIpc) is 1.54. The van der Waals surface area contributed by atoms with Gasteiger partial charge in [0.2, 0.25) is 5.85 Å². The summed E-state index contributed by atoms with van der Waals surface area (Å²) in [7, 11) is 0. The summed E-state index contributed by atoms with van der Waals surface area (Å²) in [5.41, 5.74) is 0. The summed E-state index contributed by atoms with van der Waals surface area (Å²) >= 11 is 0. The van der Waals surface area contributed by atoms with Gasteiger partial charge in [0.15, 0.2) is 0 Å². The molecule has 0 atom stereocenters. The van der Waals surface area contributed by atoms with E-state index in [0.717, 1.165) is 0 Å². The van der Waals surface area contributed by atoms with E-state index in [0.29, 0.717) is 0 Å².